The lowest BCUT2D eigenvalue weighted by Crippen LogP contribution is -2.45. The van der Waals surface area contributed by atoms with Crippen molar-refractivity contribution in [3.63, 3.8) is 0 Å². The molecular weight excluding hydrogens is 497 g/mol. The van der Waals surface area contributed by atoms with Gasteiger partial charge in [0.2, 0.25) is 0 Å². The second kappa shape index (κ2) is 12.1. The molecule has 1 aliphatic carbocycles. The zero-order chi connectivity index (χ0) is 22.7. The van der Waals surface area contributed by atoms with Crippen LogP contribution in [0.5, 0.6) is 17.2 Å². The average Bonchev–Trinajstić information content (AvgIpc) is 2.82. The van der Waals surface area contributed by atoms with E-state index in [1.807, 2.05) is 36.5 Å². The summed E-state index contributed by atoms with van der Waals surface area (Å²) in [6, 6.07) is 12.0. The summed E-state index contributed by atoms with van der Waals surface area (Å²) in [5, 5.41) is 5.44. The van der Waals surface area contributed by atoms with Crippen LogP contribution >= 0.6 is 36.4 Å². The number of halogens is 3. The number of nitrogens with one attached hydrogen (secondary N) is 1. The topological polar surface area (TPSA) is 78.6 Å². The van der Waals surface area contributed by atoms with Crippen LogP contribution in [-0.2, 0) is 12.1 Å². The summed E-state index contributed by atoms with van der Waals surface area (Å²) in [5.74, 6) is 2.21. The zero-order valence-electron chi connectivity index (χ0n) is 19.6. The molecule has 1 saturated carbocycles. The molecule has 34 heavy (non-hydrogen) atoms. The number of aromatic nitrogens is 1. The lowest BCUT2D eigenvalue weighted by molar-refractivity contribution is 0.251. The van der Waals surface area contributed by atoms with Crippen LogP contribution in [0.25, 0.3) is 10.9 Å². The minimum absolute atomic E-state index is 0. The van der Waals surface area contributed by atoms with Crippen LogP contribution in [0.2, 0.25) is 5.02 Å². The summed E-state index contributed by atoms with van der Waals surface area (Å²) < 4.78 is 16.5. The highest BCUT2D eigenvalue weighted by Gasteiger charge is 2.34. The van der Waals surface area contributed by atoms with Crippen LogP contribution in [0, 0.1) is 0 Å². The number of rotatable bonds is 7. The second-order valence-corrected chi connectivity index (χ2v) is 8.78. The molecule has 0 bridgehead atoms. The molecule has 0 atom stereocenters. The fraction of sp³-hybridized carbons (Fsp3) is 0.400. The van der Waals surface area contributed by atoms with Crippen molar-refractivity contribution in [1.82, 2.24) is 10.3 Å². The van der Waals surface area contributed by atoms with Crippen molar-refractivity contribution in [2.45, 2.75) is 43.8 Å². The maximum Gasteiger partial charge on any atom is 0.130 e. The zero-order valence-corrected chi connectivity index (χ0v) is 22.0. The van der Waals surface area contributed by atoms with Crippen LogP contribution in [-0.4, -0.2) is 32.4 Å². The first kappa shape index (κ1) is 28.3. The molecule has 1 heterocycles. The molecule has 4 rings (SSSR count). The predicted octanol–water partition coefficient (Wildman–Crippen LogP) is 5.64. The van der Waals surface area contributed by atoms with E-state index in [0.717, 1.165) is 59.2 Å². The van der Waals surface area contributed by atoms with Gasteiger partial charge in [-0.3, -0.25) is 4.98 Å². The van der Waals surface area contributed by atoms with Crippen LogP contribution in [0.4, 0.5) is 0 Å². The number of nitrogens with zero attached hydrogens (tertiary/aromatic N) is 1. The number of hydrogen-bond acceptors (Lipinski definition) is 6. The van der Waals surface area contributed by atoms with Crippen molar-refractivity contribution in [2.24, 2.45) is 5.73 Å². The Morgan fingerprint density at radius 2 is 1.65 bits per heavy atom. The summed E-state index contributed by atoms with van der Waals surface area (Å²) in [4.78, 5) is 4.47. The minimum Gasteiger partial charge on any atom is -0.496 e. The lowest BCUT2D eigenvalue weighted by Gasteiger charge is -2.38. The smallest absolute Gasteiger partial charge is 0.130 e. The maximum absolute atomic E-state index is 6.93. The predicted molar refractivity (Wildman–Crippen MR) is 142 cm³/mol. The van der Waals surface area contributed by atoms with Gasteiger partial charge in [0.25, 0.3) is 0 Å². The molecule has 1 aromatic heterocycles. The number of pyridine rings is 1. The van der Waals surface area contributed by atoms with Gasteiger partial charge in [0.15, 0.2) is 0 Å². The van der Waals surface area contributed by atoms with Crippen molar-refractivity contribution < 1.29 is 14.2 Å². The molecule has 3 aromatic rings. The first-order valence-corrected chi connectivity index (χ1v) is 11.2. The molecular formula is C25H32Cl3N3O3. The first-order valence-electron chi connectivity index (χ1n) is 10.8. The molecule has 1 aliphatic rings. The molecule has 0 amide bonds. The van der Waals surface area contributed by atoms with E-state index in [0.29, 0.717) is 23.4 Å². The summed E-state index contributed by atoms with van der Waals surface area (Å²) in [5.41, 5.74) is 9.58. The molecule has 0 aliphatic heterocycles. The Hall–Kier alpha value is -1.96. The number of fused-ring (bicyclic) bond motifs is 1. The number of methoxy groups -OCH3 is 3. The molecule has 2 aromatic carbocycles. The molecule has 0 spiro atoms. The molecule has 1 fully saturated rings. The number of ether oxygens (including phenoxy) is 3. The van der Waals surface area contributed by atoms with E-state index >= 15 is 0 Å². The third-order valence-corrected chi connectivity index (χ3v) is 6.74. The number of nitrogens with two attached hydrogens (primary N) is 1. The summed E-state index contributed by atoms with van der Waals surface area (Å²) in [7, 11) is 4.95. The first-order chi connectivity index (χ1) is 15.5. The number of hydrogen-bond donors (Lipinski definition) is 2. The second-order valence-electron chi connectivity index (χ2n) is 8.34. The van der Waals surface area contributed by atoms with Gasteiger partial charge in [-0.05, 0) is 49.4 Å². The fourth-order valence-corrected chi connectivity index (χ4v) is 4.83. The van der Waals surface area contributed by atoms with Crippen molar-refractivity contribution in [3.8, 4) is 17.2 Å². The largest absolute Gasteiger partial charge is 0.496 e. The van der Waals surface area contributed by atoms with Gasteiger partial charge in [0, 0.05) is 46.9 Å². The SMILES string of the molecule is COc1cc(OC)c(CNC2CCC(N)(c3ccnc4cc(Cl)ccc34)CC2)c(OC)c1.Cl.Cl. The number of benzene rings is 2. The summed E-state index contributed by atoms with van der Waals surface area (Å²) >= 11 is 6.15. The highest BCUT2D eigenvalue weighted by Crippen LogP contribution is 2.39. The van der Waals surface area contributed by atoms with E-state index in [9.17, 15) is 0 Å². The van der Waals surface area contributed by atoms with Crippen molar-refractivity contribution >= 4 is 47.3 Å². The average molecular weight is 529 g/mol. The van der Waals surface area contributed by atoms with Crippen LogP contribution < -0.4 is 25.3 Å². The van der Waals surface area contributed by atoms with Crippen molar-refractivity contribution in [3.05, 3.63) is 58.7 Å². The Labute approximate surface area is 218 Å². The van der Waals surface area contributed by atoms with Gasteiger partial charge < -0.3 is 25.3 Å². The monoisotopic (exact) mass is 527 g/mol. The molecule has 0 unspecified atom stereocenters. The summed E-state index contributed by atoms with van der Waals surface area (Å²) in [6.45, 7) is 0.648. The minimum atomic E-state index is -0.372. The quantitative estimate of drug-likeness (QED) is 0.413. The van der Waals surface area contributed by atoms with Crippen LogP contribution in [0.1, 0.15) is 36.8 Å². The van der Waals surface area contributed by atoms with Gasteiger partial charge in [0.05, 0.1) is 32.4 Å². The molecule has 0 saturated heterocycles. The van der Waals surface area contributed by atoms with E-state index in [4.69, 9.17) is 31.5 Å². The lowest BCUT2D eigenvalue weighted by atomic mass is 9.74. The van der Waals surface area contributed by atoms with Gasteiger partial charge in [-0.2, -0.15) is 0 Å². The highest BCUT2D eigenvalue weighted by molar-refractivity contribution is 6.31. The Morgan fingerprint density at radius 1 is 1.00 bits per heavy atom. The molecule has 9 heteroatoms. The van der Waals surface area contributed by atoms with Gasteiger partial charge in [-0.15, -0.1) is 24.8 Å². The van der Waals surface area contributed by atoms with Crippen LogP contribution in [0.3, 0.4) is 0 Å². The van der Waals surface area contributed by atoms with E-state index < -0.39 is 0 Å². The Kier molecular flexibility index (Phi) is 10.1. The Morgan fingerprint density at radius 3 is 2.24 bits per heavy atom. The maximum atomic E-state index is 6.93. The molecule has 0 radical (unpaired) electrons. The van der Waals surface area contributed by atoms with E-state index in [-0.39, 0.29) is 30.4 Å². The third-order valence-electron chi connectivity index (χ3n) is 6.50. The fourth-order valence-electron chi connectivity index (χ4n) is 4.66. The summed E-state index contributed by atoms with van der Waals surface area (Å²) in [6.07, 6.45) is 5.57. The molecule has 3 N–H and O–H groups in total. The third kappa shape index (κ3) is 5.81. The van der Waals surface area contributed by atoms with Crippen molar-refractivity contribution in [2.75, 3.05) is 21.3 Å². The van der Waals surface area contributed by atoms with E-state index in [2.05, 4.69) is 16.4 Å². The highest BCUT2D eigenvalue weighted by atomic mass is 35.5. The Bertz CT molecular complexity index is 1080. The molecule has 186 valence electrons. The normalized spacial score (nSPS) is 19.6. The van der Waals surface area contributed by atoms with E-state index in [1.165, 1.54) is 0 Å². The van der Waals surface area contributed by atoms with Crippen molar-refractivity contribution in [1.29, 1.82) is 0 Å². The van der Waals surface area contributed by atoms with Crippen LogP contribution in [0.15, 0.2) is 42.6 Å². The standard InChI is InChI=1S/C25H30ClN3O3.2ClH/c1-30-18-13-23(31-2)20(24(14-18)32-3)15-29-17-6-9-25(27,10-7-17)21-8-11-28-22-12-16(26)4-5-19(21)22;;/h4-5,8,11-14,17,29H,6-7,9-10,15,27H2,1-3H3;2*1H. The van der Waals surface area contributed by atoms with Gasteiger partial charge in [-0.25, -0.2) is 0 Å². The van der Waals surface area contributed by atoms with E-state index in [1.54, 1.807) is 21.3 Å². The Balaban J connectivity index is 0.00000204. The van der Waals surface area contributed by atoms with Gasteiger partial charge >= 0.3 is 0 Å². The van der Waals surface area contributed by atoms with Gasteiger partial charge in [0.1, 0.15) is 17.2 Å². The van der Waals surface area contributed by atoms with Gasteiger partial charge in [-0.1, -0.05) is 17.7 Å². The molecule has 6 nitrogen and oxygen atoms in total.